The number of benzene rings is 1. The highest BCUT2D eigenvalue weighted by molar-refractivity contribution is 7.98. The fourth-order valence-electron chi connectivity index (χ4n) is 2.78. The first-order valence-electron chi connectivity index (χ1n) is 8.29. The minimum Gasteiger partial charge on any atom is -0.335 e. The zero-order chi connectivity index (χ0) is 16.7. The van der Waals surface area contributed by atoms with Crippen LogP contribution in [0.15, 0.2) is 18.2 Å². The van der Waals surface area contributed by atoms with E-state index in [9.17, 15) is 9.59 Å². The van der Waals surface area contributed by atoms with E-state index in [0.717, 1.165) is 37.2 Å². The summed E-state index contributed by atoms with van der Waals surface area (Å²) >= 11 is 1.73. The van der Waals surface area contributed by atoms with E-state index < -0.39 is 0 Å². The van der Waals surface area contributed by atoms with Gasteiger partial charge in [-0.05, 0) is 37.8 Å². The number of thioether (sulfide) groups is 1. The van der Waals surface area contributed by atoms with Gasteiger partial charge in [0.1, 0.15) is 0 Å². The number of hydrogen-bond donors (Lipinski definition) is 2. The average molecular weight is 334 g/mol. The molecule has 4 nitrogen and oxygen atoms in total. The zero-order valence-corrected chi connectivity index (χ0v) is 14.8. The minimum atomic E-state index is -0.346. The highest BCUT2D eigenvalue weighted by Crippen LogP contribution is 2.18. The van der Waals surface area contributed by atoms with Gasteiger partial charge >= 0.3 is 6.03 Å². The molecular formula is C18H26N2O2S. The molecule has 1 aliphatic carbocycles. The van der Waals surface area contributed by atoms with Crippen molar-refractivity contribution >= 4 is 23.7 Å². The highest BCUT2D eigenvalue weighted by Gasteiger charge is 2.17. The third-order valence-corrected chi connectivity index (χ3v) is 5.19. The Hall–Kier alpha value is -1.49. The van der Waals surface area contributed by atoms with Gasteiger partial charge in [-0.1, -0.05) is 36.6 Å². The van der Waals surface area contributed by atoms with Crippen LogP contribution in [0.1, 0.15) is 48.8 Å². The van der Waals surface area contributed by atoms with Crippen LogP contribution >= 0.6 is 11.8 Å². The lowest BCUT2D eigenvalue weighted by atomic mass is 10.1. The lowest BCUT2D eigenvalue weighted by Crippen LogP contribution is -2.43. The molecule has 3 amide bonds. The summed E-state index contributed by atoms with van der Waals surface area (Å²) in [6.45, 7) is 4.19. The maximum atomic E-state index is 11.8. The molecule has 2 rings (SSSR count). The number of aryl methyl sites for hydroxylation is 2. The molecule has 0 aromatic heterocycles. The van der Waals surface area contributed by atoms with Crippen molar-refractivity contribution in [3.05, 3.63) is 34.9 Å². The molecular weight excluding hydrogens is 308 g/mol. The summed E-state index contributed by atoms with van der Waals surface area (Å²) in [6.07, 6.45) is 4.73. The molecule has 0 atom stereocenters. The lowest BCUT2D eigenvalue weighted by Gasteiger charge is -2.12. The first-order valence-corrected chi connectivity index (χ1v) is 9.44. The van der Waals surface area contributed by atoms with Crippen molar-refractivity contribution < 1.29 is 9.59 Å². The van der Waals surface area contributed by atoms with Gasteiger partial charge in [0.05, 0.1) is 0 Å². The monoisotopic (exact) mass is 334 g/mol. The van der Waals surface area contributed by atoms with Gasteiger partial charge in [-0.3, -0.25) is 10.1 Å². The molecule has 0 radical (unpaired) electrons. The second-order valence-electron chi connectivity index (χ2n) is 6.24. The summed E-state index contributed by atoms with van der Waals surface area (Å²) in [5, 5.41) is 5.29. The molecule has 1 aliphatic rings. The van der Waals surface area contributed by atoms with E-state index in [1.807, 2.05) is 0 Å². The summed E-state index contributed by atoms with van der Waals surface area (Å²) in [7, 11) is 0. The molecule has 5 heteroatoms. The molecule has 0 heterocycles. The van der Waals surface area contributed by atoms with Crippen molar-refractivity contribution in [3.63, 3.8) is 0 Å². The fourth-order valence-corrected chi connectivity index (χ4v) is 3.79. The SMILES string of the molecule is Cc1ccc(C)c(CSCCC(=O)NC(=O)NC2CCCC2)c1. The maximum absolute atomic E-state index is 11.8. The first kappa shape index (κ1) is 17.9. The van der Waals surface area contributed by atoms with Crippen molar-refractivity contribution in [2.24, 2.45) is 0 Å². The van der Waals surface area contributed by atoms with Crippen molar-refractivity contribution in [1.29, 1.82) is 0 Å². The van der Waals surface area contributed by atoms with Gasteiger partial charge in [-0.15, -0.1) is 0 Å². The van der Waals surface area contributed by atoms with Gasteiger partial charge in [-0.25, -0.2) is 4.79 Å². The van der Waals surface area contributed by atoms with Crippen LogP contribution in [0.3, 0.4) is 0 Å². The molecule has 0 bridgehead atoms. The second-order valence-corrected chi connectivity index (χ2v) is 7.34. The number of nitrogens with one attached hydrogen (secondary N) is 2. The number of urea groups is 1. The van der Waals surface area contributed by atoms with Gasteiger partial charge in [-0.2, -0.15) is 11.8 Å². The van der Waals surface area contributed by atoms with E-state index in [-0.39, 0.29) is 18.0 Å². The Morgan fingerprint density at radius 1 is 1.22 bits per heavy atom. The largest absolute Gasteiger partial charge is 0.335 e. The number of carbonyl (C=O) groups excluding carboxylic acids is 2. The lowest BCUT2D eigenvalue weighted by molar-refractivity contribution is -0.119. The van der Waals surface area contributed by atoms with Crippen molar-refractivity contribution in [1.82, 2.24) is 10.6 Å². The molecule has 0 unspecified atom stereocenters. The first-order chi connectivity index (χ1) is 11.0. The van der Waals surface area contributed by atoms with Crippen LogP contribution in [0, 0.1) is 13.8 Å². The minimum absolute atomic E-state index is 0.200. The second kappa shape index (κ2) is 8.96. The number of amides is 3. The number of hydrogen-bond acceptors (Lipinski definition) is 3. The summed E-state index contributed by atoms with van der Waals surface area (Å²) in [5.74, 6) is 1.42. The summed E-state index contributed by atoms with van der Waals surface area (Å²) in [5.41, 5.74) is 3.85. The molecule has 0 spiro atoms. The molecule has 23 heavy (non-hydrogen) atoms. The normalized spacial score (nSPS) is 14.7. The molecule has 1 aromatic rings. The van der Waals surface area contributed by atoms with Gasteiger partial charge in [0.25, 0.3) is 0 Å². The molecule has 0 aliphatic heterocycles. The van der Waals surface area contributed by atoms with Crippen LogP contribution < -0.4 is 10.6 Å². The van der Waals surface area contributed by atoms with Crippen LogP contribution in [-0.2, 0) is 10.5 Å². The van der Waals surface area contributed by atoms with E-state index in [4.69, 9.17) is 0 Å². The molecule has 1 fully saturated rings. The average Bonchev–Trinajstić information content (AvgIpc) is 2.99. The van der Waals surface area contributed by atoms with Gasteiger partial charge < -0.3 is 5.32 Å². The Kier molecular flexibility index (Phi) is 6.96. The third kappa shape index (κ3) is 6.26. The van der Waals surface area contributed by atoms with Crippen LogP contribution in [-0.4, -0.2) is 23.7 Å². The quantitative estimate of drug-likeness (QED) is 0.780. The predicted molar refractivity (Wildman–Crippen MR) is 95.6 cm³/mol. The van der Waals surface area contributed by atoms with Crippen molar-refractivity contribution in [2.45, 2.75) is 57.7 Å². The van der Waals surface area contributed by atoms with Crippen molar-refractivity contribution in [3.8, 4) is 0 Å². The molecule has 1 aromatic carbocycles. The van der Waals surface area contributed by atoms with E-state index in [1.165, 1.54) is 16.7 Å². The summed E-state index contributed by atoms with van der Waals surface area (Å²) in [4.78, 5) is 23.5. The van der Waals surface area contributed by atoms with Crippen molar-refractivity contribution in [2.75, 3.05) is 5.75 Å². The van der Waals surface area contributed by atoms with E-state index in [2.05, 4.69) is 42.7 Å². The number of imide groups is 1. The fraction of sp³-hybridized carbons (Fsp3) is 0.556. The van der Waals surface area contributed by atoms with Gasteiger partial charge in [0.2, 0.25) is 5.91 Å². The van der Waals surface area contributed by atoms with E-state index >= 15 is 0 Å². The zero-order valence-electron chi connectivity index (χ0n) is 14.0. The van der Waals surface area contributed by atoms with Gasteiger partial charge in [0, 0.05) is 24.0 Å². The third-order valence-electron chi connectivity index (χ3n) is 4.18. The van der Waals surface area contributed by atoms with Crippen LogP contribution in [0.5, 0.6) is 0 Å². The number of carbonyl (C=O) groups is 2. The molecule has 0 saturated heterocycles. The topological polar surface area (TPSA) is 58.2 Å². The molecule has 126 valence electrons. The van der Waals surface area contributed by atoms with Crippen LogP contribution in [0.25, 0.3) is 0 Å². The Morgan fingerprint density at radius 3 is 2.70 bits per heavy atom. The molecule has 2 N–H and O–H groups in total. The van der Waals surface area contributed by atoms with E-state index in [1.54, 1.807) is 11.8 Å². The van der Waals surface area contributed by atoms with Gasteiger partial charge in [0.15, 0.2) is 0 Å². The maximum Gasteiger partial charge on any atom is 0.321 e. The molecule has 1 saturated carbocycles. The number of rotatable bonds is 6. The predicted octanol–water partition coefficient (Wildman–Crippen LogP) is 3.70. The van der Waals surface area contributed by atoms with Crippen LogP contribution in [0.2, 0.25) is 0 Å². The Bertz CT molecular complexity index is 554. The Labute approximate surface area is 142 Å². The summed E-state index contributed by atoms with van der Waals surface area (Å²) < 4.78 is 0. The summed E-state index contributed by atoms with van der Waals surface area (Å²) in [6, 6.07) is 6.32. The van der Waals surface area contributed by atoms with Crippen LogP contribution in [0.4, 0.5) is 4.79 Å². The Balaban J connectivity index is 1.62. The van der Waals surface area contributed by atoms with E-state index in [0.29, 0.717) is 6.42 Å². The standard InChI is InChI=1S/C18H26N2O2S/c1-13-7-8-14(2)15(11-13)12-23-10-9-17(21)20-18(22)19-16-5-3-4-6-16/h7-8,11,16H,3-6,9-10,12H2,1-2H3,(H2,19,20,21,22). The smallest absolute Gasteiger partial charge is 0.321 e. The highest BCUT2D eigenvalue weighted by atomic mass is 32.2. The Morgan fingerprint density at radius 2 is 1.96 bits per heavy atom.